The van der Waals surface area contributed by atoms with Crippen molar-refractivity contribution in [1.82, 2.24) is 0 Å². The van der Waals surface area contributed by atoms with Crippen molar-refractivity contribution in [1.29, 1.82) is 0 Å². The number of nitrogens with zero attached hydrogens (tertiary/aromatic N) is 1. The Hall–Kier alpha value is -3.04. The van der Waals surface area contributed by atoms with E-state index in [4.69, 9.17) is 21.7 Å². The van der Waals surface area contributed by atoms with Gasteiger partial charge in [-0.05, 0) is 86.6 Å². The average Bonchev–Trinajstić information content (AvgIpc) is 3.45. The third-order valence-electron chi connectivity index (χ3n) is 9.74. The van der Waals surface area contributed by atoms with Crippen LogP contribution in [0.3, 0.4) is 0 Å². The number of allylic oxidation sites excluding steroid dienone is 4. The van der Waals surface area contributed by atoms with Crippen LogP contribution in [0.1, 0.15) is 83.7 Å². The fourth-order valence-electron chi connectivity index (χ4n) is 7.63. The van der Waals surface area contributed by atoms with Crippen molar-refractivity contribution in [2.45, 2.75) is 78.2 Å². The van der Waals surface area contributed by atoms with Gasteiger partial charge in [0, 0.05) is 11.0 Å². The lowest BCUT2D eigenvalue weighted by molar-refractivity contribution is -0.505. The van der Waals surface area contributed by atoms with Gasteiger partial charge in [-0.25, -0.2) is 0 Å². The fourth-order valence-corrected chi connectivity index (χ4v) is 7.63. The van der Waals surface area contributed by atoms with Crippen molar-refractivity contribution in [3.8, 4) is 0 Å². The predicted octanol–water partition coefficient (Wildman–Crippen LogP) is 5.59. The number of hydrogen-bond acceptors (Lipinski definition) is 6. The molecule has 2 saturated carbocycles. The molecule has 0 spiro atoms. The topological polar surface area (TPSA) is 170 Å². The van der Waals surface area contributed by atoms with Gasteiger partial charge in [-0.15, -0.1) is 0 Å². The molecular weight excluding hydrogens is 522 g/mol. The summed E-state index contributed by atoms with van der Waals surface area (Å²) in [6.07, 6.45) is 10.5. The van der Waals surface area contributed by atoms with E-state index in [1.165, 1.54) is 23.1 Å². The molecule has 6 N–H and O–H groups in total. The summed E-state index contributed by atoms with van der Waals surface area (Å²) in [6.45, 7) is 6.51. The lowest BCUT2D eigenvalue weighted by atomic mass is 9.53. The summed E-state index contributed by atoms with van der Waals surface area (Å²) in [5.74, 6) is 0.0421. The highest BCUT2D eigenvalue weighted by atomic mass is 16.6. The molecule has 41 heavy (non-hydrogen) atoms. The molecule has 0 bridgehead atoms. The van der Waals surface area contributed by atoms with E-state index in [9.17, 15) is 19.7 Å². The van der Waals surface area contributed by atoms with Crippen LogP contribution >= 0.6 is 0 Å². The van der Waals surface area contributed by atoms with Crippen molar-refractivity contribution in [3.63, 3.8) is 0 Å². The number of carbonyl (C=O) groups is 2. The Bertz CT molecular complexity index is 1130. The third-order valence-corrected chi connectivity index (χ3v) is 9.74. The van der Waals surface area contributed by atoms with Crippen molar-refractivity contribution in [2.75, 3.05) is 13.1 Å². The molecule has 0 radical (unpaired) electrons. The molecule has 0 aliphatic heterocycles. The maximum absolute atomic E-state index is 10.9. The van der Waals surface area contributed by atoms with E-state index in [1.54, 1.807) is 0 Å². The Morgan fingerprint density at radius 1 is 0.951 bits per heavy atom. The number of aliphatic carboxylic acids is 2. The zero-order chi connectivity index (χ0) is 30.4. The van der Waals surface area contributed by atoms with Crippen LogP contribution in [0.15, 0.2) is 53.6 Å². The molecule has 0 saturated heterocycles. The maximum Gasteiger partial charge on any atom is 0.304 e. The van der Waals surface area contributed by atoms with Gasteiger partial charge in [0.25, 0.3) is 0 Å². The van der Waals surface area contributed by atoms with Gasteiger partial charge in [0.05, 0.1) is 18.3 Å². The number of nitro groups is 1. The van der Waals surface area contributed by atoms with E-state index in [-0.39, 0.29) is 41.7 Å². The monoisotopic (exact) mass is 569 g/mol. The molecule has 0 heterocycles. The maximum atomic E-state index is 10.9. The molecule has 1 aromatic carbocycles. The summed E-state index contributed by atoms with van der Waals surface area (Å²) in [4.78, 5) is 32.1. The molecular formula is C32H47N3O6. The molecule has 0 aromatic heterocycles. The summed E-state index contributed by atoms with van der Waals surface area (Å²) in [5.41, 5.74) is 14.6. The van der Waals surface area contributed by atoms with Crippen LogP contribution in [-0.4, -0.2) is 40.2 Å². The lowest BCUT2D eigenvalue weighted by Crippen LogP contribution is -2.51. The minimum atomic E-state index is -0.927. The van der Waals surface area contributed by atoms with Gasteiger partial charge in [0.15, 0.2) is 0 Å². The molecule has 4 aliphatic carbocycles. The van der Waals surface area contributed by atoms with Crippen molar-refractivity contribution in [3.05, 3.63) is 69.3 Å². The summed E-state index contributed by atoms with van der Waals surface area (Å²) in [7, 11) is 0. The Morgan fingerprint density at radius 2 is 1.41 bits per heavy atom. The zero-order valence-electron chi connectivity index (χ0n) is 24.6. The van der Waals surface area contributed by atoms with E-state index in [1.807, 2.05) is 37.3 Å². The number of hydrogen-bond donors (Lipinski definition) is 4. The van der Waals surface area contributed by atoms with Crippen LogP contribution in [0, 0.1) is 44.6 Å². The van der Waals surface area contributed by atoms with E-state index in [2.05, 4.69) is 26.0 Å². The van der Waals surface area contributed by atoms with Crippen molar-refractivity contribution >= 4 is 11.9 Å². The number of fused-ring (bicyclic) bond motifs is 2. The lowest BCUT2D eigenvalue weighted by Gasteiger charge is -2.51. The first-order valence-corrected chi connectivity index (χ1v) is 14.8. The van der Waals surface area contributed by atoms with Crippen LogP contribution in [0.2, 0.25) is 0 Å². The molecule has 9 heteroatoms. The fraction of sp³-hybridized carbons (Fsp3) is 0.625. The number of rotatable bonds is 10. The number of carboxylic acids is 2. The van der Waals surface area contributed by atoms with E-state index < -0.39 is 17.4 Å². The quantitative estimate of drug-likeness (QED) is 0.160. The first-order chi connectivity index (χ1) is 19.4. The van der Waals surface area contributed by atoms with Gasteiger partial charge in [0.1, 0.15) is 0 Å². The third kappa shape index (κ3) is 7.63. The molecule has 0 unspecified atom stereocenters. The molecule has 9 nitrogen and oxygen atoms in total. The molecule has 7 atom stereocenters. The summed E-state index contributed by atoms with van der Waals surface area (Å²) < 4.78 is 0. The van der Waals surface area contributed by atoms with Crippen molar-refractivity contribution < 1.29 is 24.7 Å². The first kappa shape index (κ1) is 32.5. The summed E-state index contributed by atoms with van der Waals surface area (Å²) >= 11 is 0. The van der Waals surface area contributed by atoms with Crippen LogP contribution in [0.25, 0.3) is 0 Å². The molecule has 226 valence electrons. The number of benzene rings is 1. The molecule has 5 rings (SSSR count). The highest BCUT2D eigenvalue weighted by molar-refractivity contribution is 5.68. The van der Waals surface area contributed by atoms with Gasteiger partial charge in [0.2, 0.25) is 6.54 Å². The Balaban J connectivity index is 0.000000177. The van der Waals surface area contributed by atoms with Crippen molar-refractivity contribution in [2.24, 2.45) is 46.0 Å². The van der Waals surface area contributed by atoms with E-state index in [0.717, 1.165) is 25.7 Å². The van der Waals surface area contributed by atoms with Crippen LogP contribution in [0.4, 0.5) is 0 Å². The van der Waals surface area contributed by atoms with Crippen LogP contribution < -0.4 is 11.5 Å². The Kier molecular flexibility index (Phi) is 10.9. The normalized spacial score (nSPS) is 31.2. The Labute approximate surface area is 243 Å². The second-order valence-corrected chi connectivity index (χ2v) is 12.5. The highest BCUT2D eigenvalue weighted by Gasteiger charge is 2.58. The van der Waals surface area contributed by atoms with Gasteiger partial charge in [-0.3, -0.25) is 19.7 Å². The largest absolute Gasteiger partial charge is 0.481 e. The minimum absolute atomic E-state index is 0.0807. The predicted molar refractivity (Wildman–Crippen MR) is 159 cm³/mol. The number of nitrogens with two attached hydrogens (primary N) is 2. The SMILES string of the molecule is CCC1=C[C@@H]2[C@H](C1)C[C@@]2(CC(=O)O)C[N+](=O)[O-].CCC1=C[C@@H]2[C@H](C1)C[C@]2(CN)CC(=O)O.C[C@@H](N)c1ccccc1. The number of carboxylic acid groups (broad SMARTS) is 2. The zero-order valence-corrected chi connectivity index (χ0v) is 24.6. The molecule has 4 aliphatic rings. The van der Waals surface area contributed by atoms with E-state index in [0.29, 0.717) is 30.7 Å². The van der Waals surface area contributed by atoms with Crippen LogP contribution in [-0.2, 0) is 9.59 Å². The molecule has 2 fully saturated rings. The average molecular weight is 570 g/mol. The summed E-state index contributed by atoms with van der Waals surface area (Å²) in [5, 5.41) is 28.6. The smallest absolute Gasteiger partial charge is 0.304 e. The first-order valence-electron chi connectivity index (χ1n) is 14.8. The van der Waals surface area contributed by atoms with Gasteiger partial charge < -0.3 is 21.7 Å². The van der Waals surface area contributed by atoms with Crippen LogP contribution in [0.5, 0.6) is 0 Å². The second kappa shape index (κ2) is 13.7. The minimum Gasteiger partial charge on any atom is -0.481 e. The molecule has 0 amide bonds. The van der Waals surface area contributed by atoms with E-state index >= 15 is 0 Å². The van der Waals surface area contributed by atoms with Gasteiger partial charge in [-0.2, -0.15) is 0 Å². The Morgan fingerprint density at radius 3 is 1.80 bits per heavy atom. The van der Waals surface area contributed by atoms with Gasteiger partial charge >= 0.3 is 11.9 Å². The molecule has 1 aromatic rings. The van der Waals surface area contributed by atoms with Gasteiger partial charge in [-0.1, -0.05) is 67.5 Å². The highest BCUT2D eigenvalue weighted by Crippen LogP contribution is 2.60. The summed E-state index contributed by atoms with van der Waals surface area (Å²) in [6, 6.07) is 10.2. The second-order valence-electron chi connectivity index (χ2n) is 12.5. The standard InChI is InChI=1S/C12H17NO4.C12H19NO2.C8H11N/c1-2-8-3-9-5-12(6-11(14)15,7-13(16)17)10(9)4-8;1-2-8-3-9-5-12(7-13,6-11(14)15)10(9)4-8;1-7(9)8-5-3-2-4-6-8/h4,9-10H,2-3,5-7H2,1H3,(H,14,15);4,9-10H,2-3,5-7,13H2,1H3,(H,14,15);2-7H,9H2,1H3/t2*9-,10-,12-;7-/m111/s1.